The van der Waals surface area contributed by atoms with Gasteiger partial charge in [-0.2, -0.15) is 0 Å². The maximum atomic E-state index is 11.7. The minimum absolute atomic E-state index is 0.275. The minimum Gasteiger partial charge on any atom is -0.468 e. The molecule has 1 atom stereocenters. The van der Waals surface area contributed by atoms with Crippen LogP contribution in [0.15, 0.2) is 23.6 Å². The first-order valence-electron chi connectivity index (χ1n) is 5.35. The highest BCUT2D eigenvalue weighted by Crippen LogP contribution is 2.19. The van der Waals surface area contributed by atoms with E-state index in [1.165, 1.54) is 18.9 Å². The molecule has 17 heavy (non-hydrogen) atoms. The van der Waals surface area contributed by atoms with Crippen molar-refractivity contribution in [2.75, 3.05) is 19.4 Å². The van der Waals surface area contributed by atoms with Gasteiger partial charge in [0, 0.05) is 18.1 Å². The highest BCUT2D eigenvalue weighted by Gasteiger charge is 2.33. The van der Waals surface area contributed by atoms with Gasteiger partial charge in [-0.05, 0) is 19.5 Å². The summed E-state index contributed by atoms with van der Waals surface area (Å²) in [6.45, 7) is 4.46. The number of hydrogen-bond acceptors (Lipinski definition) is 6. The lowest BCUT2D eigenvalue weighted by molar-refractivity contribution is -0.146. The fraction of sp³-hybridized carbons (Fsp3) is 0.545. The van der Waals surface area contributed by atoms with Gasteiger partial charge in [-0.3, -0.25) is 4.79 Å². The largest absolute Gasteiger partial charge is 0.468 e. The summed E-state index contributed by atoms with van der Waals surface area (Å²) in [6, 6.07) is 1.76. The van der Waals surface area contributed by atoms with E-state index < -0.39 is 5.54 Å². The Bertz CT molecular complexity index is 361. The number of hydrogen-bond donors (Lipinski definition) is 1. The molecule has 1 rings (SSSR count). The molecule has 0 radical (unpaired) electrons. The monoisotopic (exact) mass is 255 g/mol. The van der Waals surface area contributed by atoms with Gasteiger partial charge in [0.05, 0.1) is 7.11 Å². The predicted octanol–water partition coefficient (Wildman–Crippen LogP) is 1.11. The van der Waals surface area contributed by atoms with Gasteiger partial charge in [0.25, 0.3) is 0 Å². The van der Waals surface area contributed by atoms with Gasteiger partial charge in [0.15, 0.2) is 5.16 Å². The molecular formula is C11H17N3O2S. The summed E-state index contributed by atoms with van der Waals surface area (Å²) in [4.78, 5) is 19.9. The van der Waals surface area contributed by atoms with Gasteiger partial charge < -0.3 is 10.1 Å². The number of nitrogens with one attached hydrogen (secondary N) is 1. The van der Waals surface area contributed by atoms with Gasteiger partial charge in [0.1, 0.15) is 5.54 Å². The van der Waals surface area contributed by atoms with Crippen molar-refractivity contribution in [3.63, 3.8) is 0 Å². The first-order valence-corrected chi connectivity index (χ1v) is 6.34. The van der Waals surface area contributed by atoms with Gasteiger partial charge in [0.2, 0.25) is 0 Å². The first kappa shape index (κ1) is 13.9. The van der Waals surface area contributed by atoms with Crippen LogP contribution in [0.1, 0.15) is 13.8 Å². The standard InChI is InChI=1S/C11H17N3O2S/c1-4-14-11(2,9(15)16-3)8-17-10-12-6-5-7-13-10/h5-7,14H,4,8H2,1-3H3. The van der Waals surface area contributed by atoms with Crippen LogP contribution in [-0.2, 0) is 9.53 Å². The summed E-state index contributed by atoms with van der Waals surface area (Å²) in [5, 5.41) is 3.78. The van der Waals surface area contributed by atoms with Crippen molar-refractivity contribution in [1.29, 1.82) is 0 Å². The van der Waals surface area contributed by atoms with Crippen LogP contribution in [0.4, 0.5) is 0 Å². The molecule has 6 heteroatoms. The molecule has 94 valence electrons. The summed E-state index contributed by atoms with van der Waals surface area (Å²) < 4.78 is 4.80. The van der Waals surface area contributed by atoms with Crippen molar-refractivity contribution in [3.05, 3.63) is 18.5 Å². The number of rotatable bonds is 6. The Morgan fingerprint density at radius 1 is 1.53 bits per heavy atom. The molecule has 1 aromatic heterocycles. The highest BCUT2D eigenvalue weighted by molar-refractivity contribution is 7.99. The number of esters is 1. The van der Waals surface area contributed by atoms with E-state index in [1.807, 2.05) is 13.8 Å². The van der Waals surface area contributed by atoms with Crippen LogP contribution >= 0.6 is 11.8 Å². The van der Waals surface area contributed by atoms with Crippen molar-refractivity contribution in [1.82, 2.24) is 15.3 Å². The van der Waals surface area contributed by atoms with Gasteiger partial charge >= 0.3 is 5.97 Å². The highest BCUT2D eigenvalue weighted by atomic mass is 32.2. The van der Waals surface area contributed by atoms with E-state index in [0.29, 0.717) is 17.5 Å². The van der Waals surface area contributed by atoms with E-state index in [1.54, 1.807) is 18.5 Å². The minimum atomic E-state index is -0.715. The lowest BCUT2D eigenvalue weighted by Gasteiger charge is -2.26. The predicted molar refractivity (Wildman–Crippen MR) is 66.9 cm³/mol. The topological polar surface area (TPSA) is 64.1 Å². The number of carbonyl (C=O) groups excluding carboxylic acids is 1. The number of nitrogens with zero attached hydrogens (tertiary/aromatic N) is 2. The molecule has 0 amide bonds. The molecule has 0 aliphatic heterocycles. The Morgan fingerprint density at radius 2 is 2.18 bits per heavy atom. The van der Waals surface area contributed by atoms with Crippen molar-refractivity contribution in [3.8, 4) is 0 Å². The van der Waals surface area contributed by atoms with Crippen LogP contribution in [0.3, 0.4) is 0 Å². The number of methoxy groups -OCH3 is 1. The average Bonchev–Trinajstić information content (AvgIpc) is 2.37. The second-order valence-electron chi connectivity index (χ2n) is 3.67. The fourth-order valence-corrected chi connectivity index (χ4v) is 2.27. The maximum absolute atomic E-state index is 11.7. The Morgan fingerprint density at radius 3 is 2.71 bits per heavy atom. The third kappa shape index (κ3) is 3.98. The third-order valence-corrected chi connectivity index (χ3v) is 3.43. The first-order chi connectivity index (χ1) is 8.12. The number of ether oxygens (including phenoxy) is 1. The lowest BCUT2D eigenvalue weighted by atomic mass is 10.1. The van der Waals surface area contributed by atoms with Crippen molar-refractivity contribution < 1.29 is 9.53 Å². The molecule has 0 bridgehead atoms. The van der Waals surface area contributed by atoms with Crippen LogP contribution in [0.25, 0.3) is 0 Å². The quantitative estimate of drug-likeness (QED) is 0.467. The Labute approximate surface area is 105 Å². The zero-order chi connectivity index (χ0) is 12.7. The molecule has 0 aliphatic rings. The smallest absolute Gasteiger partial charge is 0.326 e. The number of carbonyl (C=O) groups is 1. The number of aromatic nitrogens is 2. The molecule has 0 saturated carbocycles. The fourth-order valence-electron chi connectivity index (χ4n) is 1.37. The van der Waals surface area contributed by atoms with E-state index in [-0.39, 0.29) is 5.97 Å². The van der Waals surface area contributed by atoms with Crippen molar-refractivity contribution in [2.24, 2.45) is 0 Å². The van der Waals surface area contributed by atoms with Crippen LogP contribution in [0.2, 0.25) is 0 Å². The summed E-state index contributed by atoms with van der Waals surface area (Å²) in [6.07, 6.45) is 3.36. The molecule has 0 spiro atoms. The molecular weight excluding hydrogens is 238 g/mol. The van der Waals surface area contributed by atoms with Crippen LogP contribution < -0.4 is 5.32 Å². The van der Waals surface area contributed by atoms with Crippen LogP contribution in [0, 0.1) is 0 Å². The second kappa shape index (κ2) is 6.56. The third-order valence-electron chi connectivity index (χ3n) is 2.23. The summed E-state index contributed by atoms with van der Waals surface area (Å²) >= 11 is 1.43. The van der Waals surface area contributed by atoms with E-state index in [4.69, 9.17) is 4.74 Å². The van der Waals surface area contributed by atoms with Gasteiger partial charge in [-0.1, -0.05) is 18.7 Å². The SMILES string of the molecule is CCNC(C)(CSc1ncccn1)C(=O)OC. The zero-order valence-electron chi connectivity index (χ0n) is 10.3. The Kier molecular flexibility index (Phi) is 5.37. The maximum Gasteiger partial charge on any atom is 0.326 e. The summed E-state index contributed by atoms with van der Waals surface area (Å²) in [7, 11) is 1.39. The molecule has 0 saturated heterocycles. The van der Waals surface area contributed by atoms with Crippen molar-refractivity contribution in [2.45, 2.75) is 24.5 Å². The molecule has 1 N–H and O–H groups in total. The molecule has 0 aliphatic carbocycles. The van der Waals surface area contributed by atoms with Gasteiger partial charge in [-0.25, -0.2) is 9.97 Å². The molecule has 1 unspecified atom stereocenters. The zero-order valence-corrected chi connectivity index (χ0v) is 11.1. The Hall–Kier alpha value is -1.14. The number of likely N-dealkylation sites (N-methyl/N-ethyl adjacent to an activating group) is 1. The number of thioether (sulfide) groups is 1. The van der Waals surface area contributed by atoms with Crippen LogP contribution in [-0.4, -0.2) is 40.9 Å². The molecule has 0 fully saturated rings. The summed E-state index contributed by atoms with van der Waals surface area (Å²) in [5.74, 6) is 0.250. The average molecular weight is 255 g/mol. The van der Waals surface area contributed by atoms with E-state index in [0.717, 1.165) is 0 Å². The van der Waals surface area contributed by atoms with E-state index in [9.17, 15) is 4.79 Å². The van der Waals surface area contributed by atoms with E-state index in [2.05, 4.69) is 15.3 Å². The normalized spacial score (nSPS) is 14.1. The molecule has 1 heterocycles. The molecule has 5 nitrogen and oxygen atoms in total. The molecule has 0 aromatic carbocycles. The van der Waals surface area contributed by atoms with Gasteiger partial charge in [-0.15, -0.1) is 0 Å². The van der Waals surface area contributed by atoms with Crippen LogP contribution in [0.5, 0.6) is 0 Å². The second-order valence-corrected chi connectivity index (χ2v) is 4.62. The summed E-state index contributed by atoms with van der Waals surface area (Å²) in [5.41, 5.74) is -0.715. The lowest BCUT2D eigenvalue weighted by Crippen LogP contribution is -2.52. The Balaban J connectivity index is 2.64. The van der Waals surface area contributed by atoms with Crippen molar-refractivity contribution >= 4 is 17.7 Å². The van der Waals surface area contributed by atoms with E-state index >= 15 is 0 Å². The molecule has 1 aromatic rings.